The summed E-state index contributed by atoms with van der Waals surface area (Å²) in [4.78, 5) is 12.7. The maximum Gasteiger partial charge on any atom is 0.291 e. The Bertz CT molecular complexity index is 842. The van der Waals surface area contributed by atoms with Gasteiger partial charge in [0.2, 0.25) is 0 Å². The third-order valence-electron chi connectivity index (χ3n) is 6.85. The van der Waals surface area contributed by atoms with Gasteiger partial charge in [-0.15, -0.1) is 0 Å². The lowest BCUT2D eigenvalue weighted by molar-refractivity contribution is 0.262. The Hall–Kier alpha value is -1.77. The van der Waals surface area contributed by atoms with Crippen LogP contribution in [0.25, 0.3) is 0 Å². The Kier molecular flexibility index (Phi) is 4.05. The van der Waals surface area contributed by atoms with Gasteiger partial charge in [-0.05, 0) is 40.0 Å². The fourth-order valence-electron chi connectivity index (χ4n) is 5.48. The molecule has 0 bridgehead atoms. The van der Waals surface area contributed by atoms with Crippen LogP contribution in [-0.2, 0) is 5.41 Å². The maximum absolute atomic E-state index is 12.7. The Morgan fingerprint density at radius 3 is 2.48 bits per heavy atom. The summed E-state index contributed by atoms with van der Waals surface area (Å²) in [5, 5.41) is 0. The van der Waals surface area contributed by atoms with Gasteiger partial charge in [0.25, 0.3) is 5.95 Å². The van der Waals surface area contributed by atoms with Gasteiger partial charge in [0.1, 0.15) is 5.76 Å². The van der Waals surface area contributed by atoms with Crippen LogP contribution < -0.4 is 10.2 Å². The summed E-state index contributed by atoms with van der Waals surface area (Å²) in [7, 11) is 1.56. The third-order valence-corrected chi connectivity index (χ3v) is 6.85. The summed E-state index contributed by atoms with van der Waals surface area (Å²) in [6, 6.07) is 0. The molecule has 2 aliphatic rings. The quantitative estimate of drug-likeness (QED) is 0.715. The van der Waals surface area contributed by atoms with E-state index in [0.717, 1.165) is 17.7 Å². The van der Waals surface area contributed by atoms with E-state index in [-0.39, 0.29) is 16.3 Å². The topological polar surface area (TPSA) is 39.4 Å². The molecule has 3 heteroatoms. The largest absolute Gasteiger partial charge is 0.468 e. The molecule has 0 radical (unpaired) electrons. The molecule has 3 rings (SSSR count). The zero-order chi connectivity index (χ0) is 18.7. The minimum Gasteiger partial charge on any atom is -0.468 e. The van der Waals surface area contributed by atoms with Crippen LogP contribution in [-0.4, -0.2) is 7.11 Å². The van der Waals surface area contributed by atoms with Crippen LogP contribution in [0.5, 0.6) is 5.95 Å². The standard InChI is InChI=1S/C22H30O3/c1-9-10-12(2)16-13(3)11-21(6)18(16)22(21,7)19-14(4)17(23)15(5)20(24-8)25-19/h10-11,16,18H,9H2,1-8H3/b12-10+/t16-,18+,21-,22+/m0/s1. The van der Waals surface area contributed by atoms with E-state index in [1.807, 2.05) is 6.92 Å². The number of hydrogen-bond donors (Lipinski definition) is 0. The first kappa shape index (κ1) is 18.0. The molecule has 0 amide bonds. The van der Waals surface area contributed by atoms with E-state index in [1.165, 1.54) is 11.1 Å². The highest BCUT2D eigenvalue weighted by Crippen LogP contribution is 2.78. The van der Waals surface area contributed by atoms with E-state index in [4.69, 9.17) is 9.15 Å². The van der Waals surface area contributed by atoms with Crippen LogP contribution in [0.15, 0.2) is 32.5 Å². The first-order valence-electron chi connectivity index (χ1n) is 9.19. The van der Waals surface area contributed by atoms with Gasteiger partial charge >= 0.3 is 0 Å². The number of hydrogen-bond acceptors (Lipinski definition) is 3. The monoisotopic (exact) mass is 342 g/mol. The number of rotatable bonds is 4. The molecular formula is C22H30O3. The van der Waals surface area contributed by atoms with Crippen molar-refractivity contribution in [2.45, 2.75) is 60.3 Å². The lowest BCUT2D eigenvalue weighted by atomic mass is 9.82. The molecule has 1 aromatic rings. The van der Waals surface area contributed by atoms with Crippen LogP contribution in [0.2, 0.25) is 0 Å². The molecule has 0 spiro atoms. The Labute approximate surface area is 150 Å². The van der Waals surface area contributed by atoms with E-state index >= 15 is 0 Å². The van der Waals surface area contributed by atoms with Crippen LogP contribution in [0.4, 0.5) is 0 Å². The minimum atomic E-state index is -0.176. The van der Waals surface area contributed by atoms with Crippen molar-refractivity contribution in [1.82, 2.24) is 0 Å². The molecule has 1 aromatic heterocycles. The first-order chi connectivity index (χ1) is 11.6. The highest BCUT2D eigenvalue weighted by atomic mass is 16.6. The van der Waals surface area contributed by atoms with E-state index in [0.29, 0.717) is 23.3 Å². The fraction of sp³-hybridized carbons (Fsp3) is 0.591. The number of methoxy groups -OCH3 is 1. The van der Waals surface area contributed by atoms with Crippen molar-refractivity contribution in [2.24, 2.45) is 17.3 Å². The molecule has 0 unspecified atom stereocenters. The maximum atomic E-state index is 12.7. The summed E-state index contributed by atoms with van der Waals surface area (Å²) in [5.74, 6) is 1.99. The lowest BCUT2D eigenvalue weighted by Gasteiger charge is -2.24. The Morgan fingerprint density at radius 1 is 1.28 bits per heavy atom. The molecule has 0 aromatic carbocycles. The van der Waals surface area contributed by atoms with Crippen molar-refractivity contribution >= 4 is 0 Å². The molecule has 0 aliphatic heterocycles. The molecular weight excluding hydrogens is 312 g/mol. The predicted molar refractivity (Wildman–Crippen MR) is 101 cm³/mol. The van der Waals surface area contributed by atoms with Gasteiger partial charge in [-0.3, -0.25) is 4.79 Å². The summed E-state index contributed by atoms with van der Waals surface area (Å²) >= 11 is 0. The van der Waals surface area contributed by atoms with Gasteiger partial charge in [0.15, 0.2) is 5.43 Å². The second kappa shape index (κ2) is 5.62. The molecule has 0 saturated heterocycles. The lowest BCUT2D eigenvalue weighted by Crippen LogP contribution is -2.23. The number of ether oxygens (including phenoxy) is 1. The van der Waals surface area contributed by atoms with Crippen molar-refractivity contribution in [3.05, 3.63) is 50.4 Å². The van der Waals surface area contributed by atoms with E-state index < -0.39 is 0 Å². The molecule has 2 aliphatic carbocycles. The van der Waals surface area contributed by atoms with E-state index in [2.05, 4.69) is 46.8 Å². The zero-order valence-corrected chi connectivity index (χ0v) is 16.7. The average Bonchev–Trinajstić information content (AvgIpc) is 2.86. The van der Waals surface area contributed by atoms with Crippen molar-refractivity contribution in [1.29, 1.82) is 0 Å². The van der Waals surface area contributed by atoms with Crippen LogP contribution in [0.1, 0.15) is 57.9 Å². The van der Waals surface area contributed by atoms with Crippen LogP contribution >= 0.6 is 0 Å². The highest BCUT2D eigenvalue weighted by Gasteiger charge is 2.77. The van der Waals surface area contributed by atoms with Crippen molar-refractivity contribution in [3.8, 4) is 5.95 Å². The van der Waals surface area contributed by atoms with Crippen molar-refractivity contribution in [3.63, 3.8) is 0 Å². The molecule has 136 valence electrons. The van der Waals surface area contributed by atoms with E-state index in [9.17, 15) is 4.79 Å². The molecule has 25 heavy (non-hydrogen) atoms. The van der Waals surface area contributed by atoms with Crippen LogP contribution in [0, 0.1) is 31.1 Å². The Morgan fingerprint density at radius 2 is 1.92 bits per heavy atom. The van der Waals surface area contributed by atoms with E-state index in [1.54, 1.807) is 14.0 Å². The first-order valence-corrected chi connectivity index (χ1v) is 9.19. The normalized spacial score (nSPS) is 33.9. The number of fused-ring (bicyclic) bond motifs is 1. The van der Waals surface area contributed by atoms with Crippen LogP contribution in [0.3, 0.4) is 0 Å². The van der Waals surface area contributed by atoms with Gasteiger partial charge in [-0.1, -0.05) is 44.1 Å². The second-order valence-corrected chi connectivity index (χ2v) is 8.19. The summed E-state index contributed by atoms with van der Waals surface area (Å²) in [5.41, 5.74) is 4.01. The second-order valence-electron chi connectivity index (χ2n) is 8.19. The Balaban J connectivity index is 2.16. The zero-order valence-electron chi connectivity index (χ0n) is 16.7. The minimum absolute atomic E-state index is 0.0194. The summed E-state index contributed by atoms with van der Waals surface area (Å²) in [6.45, 7) is 14.8. The smallest absolute Gasteiger partial charge is 0.291 e. The number of allylic oxidation sites excluding steroid dienone is 4. The fourth-order valence-corrected chi connectivity index (χ4v) is 5.48. The molecule has 1 fully saturated rings. The van der Waals surface area contributed by atoms with Gasteiger partial charge in [-0.25, -0.2) is 0 Å². The molecule has 4 atom stereocenters. The predicted octanol–water partition coefficient (Wildman–Crippen LogP) is 5.09. The summed E-state index contributed by atoms with van der Waals surface area (Å²) < 4.78 is 11.5. The van der Waals surface area contributed by atoms with Gasteiger partial charge in [0.05, 0.1) is 12.7 Å². The highest BCUT2D eigenvalue weighted by molar-refractivity contribution is 5.52. The van der Waals surface area contributed by atoms with Crippen molar-refractivity contribution in [2.75, 3.05) is 7.11 Å². The van der Waals surface area contributed by atoms with Gasteiger partial charge < -0.3 is 9.15 Å². The molecule has 1 saturated carbocycles. The SMILES string of the molecule is CC/C=C(\C)[C@H]1C(C)=C[C@@]2(C)[C@@H]1[C@]2(C)c1oc(OC)c(C)c(=O)c1C. The third kappa shape index (κ3) is 2.14. The van der Waals surface area contributed by atoms with Crippen molar-refractivity contribution < 1.29 is 9.15 Å². The van der Waals surface area contributed by atoms with Gasteiger partial charge in [-0.2, -0.15) is 0 Å². The average molecular weight is 342 g/mol. The molecule has 3 nitrogen and oxygen atoms in total. The summed E-state index contributed by atoms with van der Waals surface area (Å²) in [6.07, 6.45) is 5.77. The van der Waals surface area contributed by atoms with Gasteiger partial charge in [0, 0.05) is 22.3 Å². The molecule has 1 heterocycles. The molecule has 0 N–H and O–H groups in total.